The molecule has 1 aromatic heterocycles. The first kappa shape index (κ1) is 12.2. The topological polar surface area (TPSA) is 24.9 Å². The molecule has 0 saturated heterocycles. The molecule has 0 aliphatic heterocycles. The van der Waals surface area contributed by atoms with Crippen LogP contribution in [-0.2, 0) is 0 Å². The second-order valence-electron chi connectivity index (χ2n) is 3.80. The van der Waals surface area contributed by atoms with Crippen LogP contribution in [-0.4, -0.2) is 4.98 Å². The van der Waals surface area contributed by atoms with Gasteiger partial charge in [0, 0.05) is 34.2 Å². The summed E-state index contributed by atoms with van der Waals surface area (Å²) in [5.41, 5.74) is 2.07. The number of benzene rings is 1. The van der Waals surface area contributed by atoms with E-state index in [1.807, 2.05) is 24.3 Å². The van der Waals surface area contributed by atoms with Crippen LogP contribution in [0.15, 0.2) is 42.7 Å². The van der Waals surface area contributed by atoms with Crippen molar-refractivity contribution in [2.45, 2.75) is 13.0 Å². The molecule has 0 fully saturated rings. The van der Waals surface area contributed by atoms with Crippen LogP contribution in [0.1, 0.15) is 18.5 Å². The number of halogens is 2. The third-order valence-corrected chi connectivity index (χ3v) is 2.89. The van der Waals surface area contributed by atoms with E-state index < -0.39 is 0 Å². The first-order valence-corrected chi connectivity index (χ1v) is 6.03. The highest BCUT2D eigenvalue weighted by Crippen LogP contribution is 2.25. The van der Waals surface area contributed by atoms with Crippen molar-refractivity contribution in [1.29, 1.82) is 0 Å². The van der Waals surface area contributed by atoms with Gasteiger partial charge < -0.3 is 5.32 Å². The van der Waals surface area contributed by atoms with E-state index in [-0.39, 0.29) is 6.04 Å². The molecule has 17 heavy (non-hydrogen) atoms. The first-order valence-electron chi connectivity index (χ1n) is 5.28. The van der Waals surface area contributed by atoms with E-state index in [0.717, 1.165) is 11.3 Å². The van der Waals surface area contributed by atoms with Crippen molar-refractivity contribution in [3.05, 3.63) is 58.3 Å². The summed E-state index contributed by atoms with van der Waals surface area (Å²) < 4.78 is 0. The minimum atomic E-state index is 0.174. The van der Waals surface area contributed by atoms with Gasteiger partial charge in [0.2, 0.25) is 0 Å². The van der Waals surface area contributed by atoms with Crippen LogP contribution in [0.5, 0.6) is 0 Å². The molecule has 0 radical (unpaired) electrons. The highest BCUT2D eigenvalue weighted by Gasteiger charge is 2.05. The SMILES string of the molecule is CC(Nc1cc(Cl)cc(Cl)c1)c1ccncc1. The van der Waals surface area contributed by atoms with Gasteiger partial charge in [-0.05, 0) is 42.8 Å². The molecule has 1 atom stereocenters. The Balaban J connectivity index is 2.16. The number of anilines is 1. The summed E-state index contributed by atoms with van der Waals surface area (Å²) in [5.74, 6) is 0. The molecule has 0 bridgehead atoms. The number of nitrogens with one attached hydrogen (secondary N) is 1. The average Bonchev–Trinajstić information content (AvgIpc) is 2.28. The highest BCUT2D eigenvalue weighted by molar-refractivity contribution is 6.35. The quantitative estimate of drug-likeness (QED) is 0.881. The molecule has 0 aliphatic rings. The molecular formula is C13H12Cl2N2. The van der Waals surface area contributed by atoms with Crippen LogP contribution in [0.3, 0.4) is 0 Å². The lowest BCUT2D eigenvalue weighted by Crippen LogP contribution is -2.06. The van der Waals surface area contributed by atoms with Crippen LogP contribution >= 0.6 is 23.2 Å². The molecule has 0 spiro atoms. The lowest BCUT2D eigenvalue weighted by molar-refractivity contribution is 0.881. The number of rotatable bonds is 3. The molecule has 1 N–H and O–H groups in total. The third-order valence-electron chi connectivity index (χ3n) is 2.45. The summed E-state index contributed by atoms with van der Waals surface area (Å²) in [6.45, 7) is 2.07. The summed E-state index contributed by atoms with van der Waals surface area (Å²) in [6.07, 6.45) is 3.55. The van der Waals surface area contributed by atoms with Gasteiger partial charge in [-0.3, -0.25) is 4.98 Å². The number of hydrogen-bond acceptors (Lipinski definition) is 2. The predicted octanol–water partition coefficient (Wildman–Crippen LogP) is 4.56. The Hall–Kier alpha value is -1.25. The molecule has 88 valence electrons. The van der Waals surface area contributed by atoms with E-state index in [1.54, 1.807) is 18.5 Å². The highest BCUT2D eigenvalue weighted by atomic mass is 35.5. The molecule has 1 unspecified atom stereocenters. The molecule has 2 aromatic rings. The average molecular weight is 267 g/mol. The van der Waals surface area contributed by atoms with Crippen LogP contribution < -0.4 is 5.32 Å². The zero-order valence-electron chi connectivity index (χ0n) is 9.32. The van der Waals surface area contributed by atoms with Crippen molar-refractivity contribution >= 4 is 28.9 Å². The summed E-state index contributed by atoms with van der Waals surface area (Å²) in [5, 5.41) is 4.60. The van der Waals surface area contributed by atoms with Crippen LogP contribution in [0.2, 0.25) is 10.0 Å². The second kappa shape index (κ2) is 5.39. The van der Waals surface area contributed by atoms with Gasteiger partial charge in [-0.1, -0.05) is 23.2 Å². The molecule has 1 heterocycles. The number of hydrogen-bond donors (Lipinski definition) is 1. The number of nitrogens with zero attached hydrogens (tertiary/aromatic N) is 1. The van der Waals surface area contributed by atoms with Gasteiger partial charge in [0.15, 0.2) is 0 Å². The molecule has 0 amide bonds. The molecule has 0 saturated carbocycles. The van der Waals surface area contributed by atoms with Crippen molar-refractivity contribution in [3.8, 4) is 0 Å². The Morgan fingerprint density at radius 3 is 2.24 bits per heavy atom. The lowest BCUT2D eigenvalue weighted by atomic mass is 10.1. The standard InChI is InChI=1S/C13H12Cl2N2/c1-9(10-2-4-16-5-3-10)17-13-7-11(14)6-12(15)8-13/h2-9,17H,1H3. The van der Waals surface area contributed by atoms with Crippen LogP contribution in [0.25, 0.3) is 0 Å². The fourth-order valence-electron chi connectivity index (χ4n) is 1.62. The van der Waals surface area contributed by atoms with Crippen molar-refractivity contribution in [2.24, 2.45) is 0 Å². The molecule has 2 nitrogen and oxygen atoms in total. The minimum absolute atomic E-state index is 0.174. The lowest BCUT2D eigenvalue weighted by Gasteiger charge is -2.15. The van der Waals surface area contributed by atoms with E-state index >= 15 is 0 Å². The molecule has 0 aliphatic carbocycles. The maximum Gasteiger partial charge on any atom is 0.0486 e. The second-order valence-corrected chi connectivity index (χ2v) is 4.68. The molecule has 1 aromatic carbocycles. The maximum atomic E-state index is 5.95. The Bertz CT molecular complexity index is 480. The summed E-state index contributed by atoms with van der Waals surface area (Å²) in [7, 11) is 0. The fraction of sp³-hybridized carbons (Fsp3) is 0.154. The Kier molecular flexibility index (Phi) is 3.87. The van der Waals surface area contributed by atoms with Gasteiger partial charge in [-0.2, -0.15) is 0 Å². The van der Waals surface area contributed by atoms with E-state index in [4.69, 9.17) is 23.2 Å². The number of aromatic nitrogens is 1. The molecule has 4 heteroatoms. The van der Waals surface area contributed by atoms with Gasteiger partial charge in [0.05, 0.1) is 0 Å². The van der Waals surface area contributed by atoms with E-state index in [2.05, 4.69) is 17.2 Å². The normalized spacial score (nSPS) is 12.2. The van der Waals surface area contributed by atoms with E-state index in [9.17, 15) is 0 Å². The Labute approximate surface area is 111 Å². The number of pyridine rings is 1. The summed E-state index contributed by atoms with van der Waals surface area (Å²) in [4.78, 5) is 3.99. The Morgan fingerprint density at radius 1 is 1.06 bits per heavy atom. The summed E-state index contributed by atoms with van der Waals surface area (Å²) >= 11 is 11.9. The molecular weight excluding hydrogens is 255 g/mol. The van der Waals surface area contributed by atoms with Crippen molar-refractivity contribution in [2.75, 3.05) is 5.32 Å². The van der Waals surface area contributed by atoms with Crippen molar-refractivity contribution < 1.29 is 0 Å². The predicted molar refractivity (Wildman–Crippen MR) is 72.7 cm³/mol. The zero-order valence-corrected chi connectivity index (χ0v) is 10.8. The first-order chi connectivity index (χ1) is 8.15. The van der Waals surface area contributed by atoms with E-state index in [1.165, 1.54) is 0 Å². The van der Waals surface area contributed by atoms with Gasteiger partial charge in [-0.25, -0.2) is 0 Å². The van der Waals surface area contributed by atoms with Crippen LogP contribution in [0, 0.1) is 0 Å². The monoisotopic (exact) mass is 266 g/mol. The largest absolute Gasteiger partial charge is 0.378 e. The van der Waals surface area contributed by atoms with Gasteiger partial charge in [-0.15, -0.1) is 0 Å². The smallest absolute Gasteiger partial charge is 0.0486 e. The Morgan fingerprint density at radius 2 is 1.65 bits per heavy atom. The van der Waals surface area contributed by atoms with E-state index in [0.29, 0.717) is 10.0 Å². The third kappa shape index (κ3) is 3.35. The van der Waals surface area contributed by atoms with Gasteiger partial charge in [0.1, 0.15) is 0 Å². The fourth-order valence-corrected chi connectivity index (χ4v) is 2.15. The van der Waals surface area contributed by atoms with Gasteiger partial charge >= 0.3 is 0 Å². The van der Waals surface area contributed by atoms with Crippen molar-refractivity contribution in [1.82, 2.24) is 4.98 Å². The zero-order chi connectivity index (χ0) is 12.3. The van der Waals surface area contributed by atoms with Gasteiger partial charge in [0.25, 0.3) is 0 Å². The summed E-state index contributed by atoms with van der Waals surface area (Å²) in [6, 6.07) is 9.54. The van der Waals surface area contributed by atoms with Crippen LogP contribution in [0.4, 0.5) is 5.69 Å². The maximum absolute atomic E-state index is 5.95. The minimum Gasteiger partial charge on any atom is -0.378 e. The molecule has 2 rings (SSSR count). The van der Waals surface area contributed by atoms with Crippen molar-refractivity contribution in [3.63, 3.8) is 0 Å².